The van der Waals surface area contributed by atoms with Crippen molar-refractivity contribution in [3.63, 3.8) is 0 Å². The highest BCUT2D eigenvalue weighted by molar-refractivity contribution is 6.30. The number of rotatable bonds is 3. The van der Waals surface area contributed by atoms with Crippen LogP contribution in [-0.2, 0) is 4.79 Å². The highest BCUT2D eigenvalue weighted by atomic mass is 35.5. The topological polar surface area (TPSA) is 29.1 Å². The molecular weight excluding hydrogens is 269 g/mol. The molecule has 0 heterocycles. The minimum absolute atomic E-state index is 0. The minimum Gasteiger partial charge on any atom is -0.352 e. The van der Waals surface area contributed by atoms with E-state index in [2.05, 4.69) is 5.32 Å². The highest BCUT2D eigenvalue weighted by Crippen LogP contribution is 2.22. The fourth-order valence-corrected chi connectivity index (χ4v) is 2.50. The van der Waals surface area contributed by atoms with Gasteiger partial charge in [0, 0.05) is 6.04 Å². The third-order valence-corrected chi connectivity index (χ3v) is 3.72. The van der Waals surface area contributed by atoms with E-state index in [1.165, 1.54) is 19.3 Å². The molecule has 1 amide bonds. The number of hydrogen-bond acceptors (Lipinski definition) is 1. The molecule has 1 aliphatic rings. The number of amides is 1. The van der Waals surface area contributed by atoms with Crippen LogP contribution in [0.4, 0.5) is 0 Å². The molecule has 0 saturated heterocycles. The zero-order chi connectivity index (χ0) is 12.1. The SMILES string of the molecule is Cl.O=C(NC1CCCCC1)C(Cl)c1ccccc1. The number of carbonyl (C=O) groups is 1. The van der Waals surface area contributed by atoms with Crippen molar-refractivity contribution in [2.75, 3.05) is 0 Å². The van der Waals surface area contributed by atoms with E-state index < -0.39 is 5.38 Å². The quantitative estimate of drug-likeness (QED) is 0.841. The van der Waals surface area contributed by atoms with Crippen molar-refractivity contribution in [1.82, 2.24) is 5.32 Å². The Balaban J connectivity index is 0.00000162. The molecule has 2 nitrogen and oxygen atoms in total. The van der Waals surface area contributed by atoms with Crippen molar-refractivity contribution in [2.45, 2.75) is 43.5 Å². The second kappa shape index (κ2) is 7.65. The molecule has 2 rings (SSSR count). The zero-order valence-corrected chi connectivity index (χ0v) is 11.8. The van der Waals surface area contributed by atoms with Crippen LogP contribution in [0.15, 0.2) is 30.3 Å². The van der Waals surface area contributed by atoms with Gasteiger partial charge < -0.3 is 5.32 Å². The Bertz CT molecular complexity index is 363. The van der Waals surface area contributed by atoms with Gasteiger partial charge in [-0.15, -0.1) is 24.0 Å². The number of halogens is 2. The van der Waals surface area contributed by atoms with Gasteiger partial charge in [0.05, 0.1) is 0 Å². The van der Waals surface area contributed by atoms with Crippen LogP contribution in [0.5, 0.6) is 0 Å². The summed E-state index contributed by atoms with van der Waals surface area (Å²) in [6, 6.07) is 9.82. The molecule has 1 aromatic rings. The van der Waals surface area contributed by atoms with Gasteiger partial charge in [-0.05, 0) is 18.4 Å². The molecule has 0 spiro atoms. The second-order valence-corrected chi connectivity index (χ2v) is 5.05. The Hall–Kier alpha value is -0.730. The van der Waals surface area contributed by atoms with Crippen LogP contribution in [0.3, 0.4) is 0 Å². The summed E-state index contributed by atoms with van der Waals surface area (Å²) in [7, 11) is 0. The van der Waals surface area contributed by atoms with Crippen LogP contribution in [0.2, 0.25) is 0 Å². The summed E-state index contributed by atoms with van der Waals surface area (Å²) in [5, 5.41) is 2.48. The van der Waals surface area contributed by atoms with E-state index in [1.54, 1.807) is 0 Å². The first-order chi connectivity index (χ1) is 8.27. The average Bonchev–Trinajstić information content (AvgIpc) is 2.40. The van der Waals surface area contributed by atoms with Crippen molar-refractivity contribution in [3.05, 3.63) is 35.9 Å². The molecule has 1 saturated carbocycles. The molecule has 0 aromatic heterocycles. The summed E-state index contributed by atoms with van der Waals surface area (Å²) in [5.41, 5.74) is 0.863. The largest absolute Gasteiger partial charge is 0.352 e. The van der Waals surface area contributed by atoms with Crippen LogP contribution in [-0.4, -0.2) is 11.9 Å². The molecule has 1 aliphatic carbocycles. The molecule has 0 aliphatic heterocycles. The van der Waals surface area contributed by atoms with Gasteiger partial charge in [0.2, 0.25) is 5.91 Å². The number of carbonyl (C=O) groups excluding carboxylic acids is 1. The smallest absolute Gasteiger partial charge is 0.242 e. The molecule has 4 heteroatoms. The average molecular weight is 288 g/mol. The predicted molar refractivity (Wildman–Crippen MR) is 77.3 cm³/mol. The molecular formula is C14H19Cl2NO. The van der Waals surface area contributed by atoms with Gasteiger partial charge in [-0.2, -0.15) is 0 Å². The maximum atomic E-state index is 12.0. The van der Waals surface area contributed by atoms with E-state index >= 15 is 0 Å². The van der Waals surface area contributed by atoms with Crippen LogP contribution in [0.25, 0.3) is 0 Å². The summed E-state index contributed by atoms with van der Waals surface area (Å²) in [6.45, 7) is 0. The van der Waals surface area contributed by atoms with Gasteiger partial charge in [0.1, 0.15) is 5.38 Å². The summed E-state index contributed by atoms with van der Waals surface area (Å²) in [5.74, 6) is -0.0650. The minimum atomic E-state index is -0.571. The van der Waals surface area contributed by atoms with E-state index in [0.29, 0.717) is 6.04 Å². The van der Waals surface area contributed by atoms with Gasteiger partial charge in [0.25, 0.3) is 0 Å². The lowest BCUT2D eigenvalue weighted by Gasteiger charge is -2.24. The Morgan fingerprint density at radius 3 is 2.39 bits per heavy atom. The van der Waals surface area contributed by atoms with E-state index in [0.717, 1.165) is 18.4 Å². The van der Waals surface area contributed by atoms with Crippen LogP contribution in [0.1, 0.15) is 43.0 Å². The fraction of sp³-hybridized carbons (Fsp3) is 0.500. The third kappa shape index (κ3) is 4.18. The van der Waals surface area contributed by atoms with Crippen molar-refractivity contribution < 1.29 is 4.79 Å². The predicted octanol–water partition coefficient (Wildman–Crippen LogP) is 3.84. The molecule has 1 fully saturated rings. The first kappa shape index (κ1) is 15.3. The molecule has 1 atom stereocenters. The molecule has 1 unspecified atom stereocenters. The van der Waals surface area contributed by atoms with Crippen molar-refractivity contribution >= 4 is 29.9 Å². The zero-order valence-electron chi connectivity index (χ0n) is 10.3. The second-order valence-electron chi connectivity index (χ2n) is 4.62. The molecule has 1 aromatic carbocycles. The maximum absolute atomic E-state index is 12.0. The Morgan fingerprint density at radius 1 is 1.17 bits per heavy atom. The first-order valence-electron chi connectivity index (χ1n) is 6.27. The Kier molecular flexibility index (Phi) is 6.51. The first-order valence-corrected chi connectivity index (χ1v) is 6.70. The molecule has 100 valence electrons. The van der Waals surface area contributed by atoms with Crippen molar-refractivity contribution in [1.29, 1.82) is 0 Å². The third-order valence-electron chi connectivity index (χ3n) is 3.27. The number of hydrogen-bond donors (Lipinski definition) is 1. The molecule has 18 heavy (non-hydrogen) atoms. The maximum Gasteiger partial charge on any atom is 0.242 e. The fourth-order valence-electron chi connectivity index (χ4n) is 2.29. The Morgan fingerprint density at radius 2 is 1.78 bits per heavy atom. The number of benzene rings is 1. The highest BCUT2D eigenvalue weighted by Gasteiger charge is 2.21. The normalized spacial score (nSPS) is 17.6. The molecule has 0 radical (unpaired) electrons. The summed E-state index contributed by atoms with van der Waals surface area (Å²) >= 11 is 6.16. The summed E-state index contributed by atoms with van der Waals surface area (Å²) in [4.78, 5) is 12.0. The monoisotopic (exact) mass is 287 g/mol. The van der Waals surface area contributed by atoms with Gasteiger partial charge >= 0.3 is 0 Å². The van der Waals surface area contributed by atoms with Gasteiger partial charge in [-0.25, -0.2) is 0 Å². The van der Waals surface area contributed by atoms with Crippen LogP contribution < -0.4 is 5.32 Å². The van der Waals surface area contributed by atoms with Crippen LogP contribution >= 0.6 is 24.0 Å². The van der Waals surface area contributed by atoms with Crippen LogP contribution in [0, 0.1) is 0 Å². The molecule has 1 N–H and O–H groups in total. The van der Waals surface area contributed by atoms with E-state index in [9.17, 15) is 4.79 Å². The van der Waals surface area contributed by atoms with E-state index in [1.807, 2.05) is 30.3 Å². The van der Waals surface area contributed by atoms with Crippen molar-refractivity contribution in [3.8, 4) is 0 Å². The number of nitrogens with one attached hydrogen (secondary N) is 1. The summed E-state index contributed by atoms with van der Waals surface area (Å²) < 4.78 is 0. The standard InChI is InChI=1S/C14H18ClNO.ClH/c15-13(11-7-3-1-4-8-11)14(17)16-12-9-5-2-6-10-12;/h1,3-4,7-8,12-13H,2,5-6,9-10H2,(H,16,17);1H. The van der Waals surface area contributed by atoms with Gasteiger partial charge in [-0.1, -0.05) is 49.6 Å². The Labute approximate surface area is 120 Å². The lowest BCUT2D eigenvalue weighted by molar-refractivity contribution is -0.121. The van der Waals surface area contributed by atoms with Crippen molar-refractivity contribution in [2.24, 2.45) is 0 Å². The van der Waals surface area contributed by atoms with Gasteiger partial charge in [-0.3, -0.25) is 4.79 Å². The van der Waals surface area contributed by atoms with E-state index in [-0.39, 0.29) is 18.3 Å². The summed E-state index contributed by atoms with van der Waals surface area (Å²) in [6.07, 6.45) is 5.89. The molecule has 0 bridgehead atoms. The van der Waals surface area contributed by atoms with E-state index in [4.69, 9.17) is 11.6 Å². The number of alkyl halides is 1. The lowest BCUT2D eigenvalue weighted by atomic mass is 9.95. The van der Waals surface area contributed by atoms with Gasteiger partial charge in [0.15, 0.2) is 0 Å². The lowest BCUT2D eigenvalue weighted by Crippen LogP contribution is -2.38.